The third-order valence-corrected chi connectivity index (χ3v) is 10.2. The molecule has 0 aliphatic carbocycles. The molecule has 0 amide bonds. The fourth-order valence-electron chi connectivity index (χ4n) is 6.41. The van der Waals surface area contributed by atoms with Crippen molar-refractivity contribution in [2.75, 3.05) is 12.3 Å². The molecule has 3 atom stereocenters. The number of anilines is 1. The van der Waals surface area contributed by atoms with E-state index in [0.717, 1.165) is 62.6 Å². The Morgan fingerprint density at radius 1 is 1.30 bits per heavy atom. The van der Waals surface area contributed by atoms with E-state index in [1.807, 2.05) is 20.0 Å². The first-order chi connectivity index (χ1) is 20.7. The van der Waals surface area contributed by atoms with Gasteiger partial charge in [-0.05, 0) is 60.7 Å². The minimum Gasteiger partial charge on any atom is -0.389 e. The molecular weight excluding hydrogens is 576 g/mol. The Morgan fingerprint density at radius 2 is 2.02 bits per heavy atom. The molecule has 2 aliphatic rings. The Balaban J connectivity index is 0.00000207. The van der Waals surface area contributed by atoms with E-state index in [4.69, 9.17) is 15.5 Å². The van der Waals surface area contributed by atoms with Gasteiger partial charge in [0.1, 0.15) is 16.9 Å². The number of nitrogen functional groups attached to an aromatic ring is 1. The number of unbranched alkanes of at least 4 members (excludes halogenated alkanes) is 1. The fraction of sp³-hybridized carbons (Fsp3) is 0.500. The Bertz CT molecular complexity index is 1710. The highest BCUT2D eigenvalue weighted by atomic mass is 32.1. The van der Waals surface area contributed by atoms with Crippen molar-refractivity contribution < 1.29 is 9.13 Å². The first-order valence-electron chi connectivity index (χ1n) is 15.5. The van der Waals surface area contributed by atoms with E-state index in [9.17, 15) is 9.65 Å². The van der Waals surface area contributed by atoms with E-state index in [1.165, 1.54) is 37.5 Å². The number of benzene rings is 1. The van der Waals surface area contributed by atoms with Crippen molar-refractivity contribution >= 4 is 58.6 Å². The van der Waals surface area contributed by atoms with E-state index in [-0.39, 0.29) is 5.56 Å². The van der Waals surface area contributed by atoms with Crippen LogP contribution < -0.4 is 21.5 Å². The molecule has 3 aromatic rings. The monoisotopic (exact) mass is 621 g/mol. The third-order valence-electron chi connectivity index (χ3n) is 8.60. The van der Waals surface area contributed by atoms with Gasteiger partial charge < -0.3 is 15.4 Å². The zero-order valence-corrected chi connectivity index (χ0v) is 28.6. The van der Waals surface area contributed by atoms with Crippen LogP contribution in [0, 0.1) is 23.1 Å². The van der Waals surface area contributed by atoms with Crippen LogP contribution >= 0.6 is 20.6 Å². The first-order valence-corrected chi connectivity index (χ1v) is 16.9. The van der Waals surface area contributed by atoms with Crippen LogP contribution in [-0.4, -0.2) is 28.3 Å². The number of hydrogen-bond acceptors (Lipinski definition) is 6. The number of ether oxygens (including phenoxy) is 1. The maximum absolute atomic E-state index is 14.9. The quantitative estimate of drug-likeness (QED) is 0.187. The molecule has 5 rings (SSSR count). The number of aliphatic imine (C=N–C) groups is 1. The number of halogens is 1. The molecule has 0 bridgehead atoms. The van der Waals surface area contributed by atoms with E-state index >= 15 is 0 Å². The molecule has 3 unspecified atom stereocenters. The van der Waals surface area contributed by atoms with E-state index < -0.39 is 5.82 Å². The number of pyridine rings is 1. The van der Waals surface area contributed by atoms with Crippen molar-refractivity contribution in [3.8, 4) is 17.3 Å². The Kier molecular flexibility index (Phi) is 11.0. The standard InChI is InChI=1S/C32H39FN5OPS.C2H6/c1-6-8-9-20-10-17(3)14-38(20)19(5)36-12-22-23-15-39-16-24(23)27(30(40)26(22)18(4)7-2)29-28-21(11-34)32(35)41-31(28)25(33)13-37-29;1-2/h12-13,17,20H,6-10,14-16,35,40H2,1-5H3;1-2H3/b22-12-,26-18-,36-19?;. The summed E-state index contributed by atoms with van der Waals surface area (Å²) in [5.74, 6) is 1.24. The second kappa shape index (κ2) is 14.3. The molecule has 4 heterocycles. The molecule has 6 nitrogen and oxygen atoms in total. The molecule has 2 aromatic heterocycles. The third kappa shape index (κ3) is 6.23. The van der Waals surface area contributed by atoms with Crippen LogP contribution in [0.25, 0.3) is 33.1 Å². The van der Waals surface area contributed by atoms with Gasteiger partial charge in [-0.1, -0.05) is 53.0 Å². The number of likely N-dealkylation sites (tertiary alicyclic amines) is 1. The van der Waals surface area contributed by atoms with Crippen molar-refractivity contribution in [2.45, 2.75) is 99.8 Å². The highest BCUT2D eigenvalue weighted by Crippen LogP contribution is 2.41. The number of nitrogens with zero attached hydrogens (tertiary/aromatic N) is 4. The number of hydrogen-bond donors (Lipinski definition) is 1. The number of amidine groups is 1. The Hall–Kier alpha value is -2.85. The maximum Gasteiger partial charge on any atom is 0.159 e. The number of nitrogens with two attached hydrogens (primary N) is 1. The highest BCUT2D eigenvalue weighted by Gasteiger charge is 2.30. The highest BCUT2D eigenvalue weighted by molar-refractivity contribution is 7.28. The maximum atomic E-state index is 14.9. The van der Waals surface area contributed by atoms with Gasteiger partial charge in [-0.3, -0.25) is 4.98 Å². The topological polar surface area (TPSA) is 87.5 Å². The molecule has 1 saturated heterocycles. The minimum absolute atomic E-state index is 0.273. The summed E-state index contributed by atoms with van der Waals surface area (Å²) >= 11 is 1.09. The molecule has 2 aliphatic heterocycles. The number of fused-ring (bicyclic) bond motifs is 2. The van der Waals surface area contributed by atoms with Crippen LogP contribution in [0.1, 0.15) is 97.3 Å². The van der Waals surface area contributed by atoms with Crippen LogP contribution in [0.5, 0.6) is 0 Å². The van der Waals surface area contributed by atoms with Gasteiger partial charge in [0.15, 0.2) is 5.82 Å². The predicted molar refractivity (Wildman–Crippen MR) is 183 cm³/mol. The van der Waals surface area contributed by atoms with Gasteiger partial charge in [-0.25, -0.2) is 9.38 Å². The summed E-state index contributed by atoms with van der Waals surface area (Å²) in [7, 11) is 2.92. The number of rotatable bonds is 6. The molecule has 43 heavy (non-hydrogen) atoms. The SMILES string of the molecule is CC.CCCCC1CC(C)CN1C(C)=N/C=c1/c2c(c(-c3ncc(F)c4sc(N)c(C#N)c34)c(P)/c1=C(/C)CC)COC2. The van der Waals surface area contributed by atoms with Crippen molar-refractivity contribution in [3.05, 3.63) is 39.1 Å². The van der Waals surface area contributed by atoms with Crippen molar-refractivity contribution in [1.82, 2.24) is 9.88 Å². The minimum atomic E-state index is -0.472. The van der Waals surface area contributed by atoms with Gasteiger partial charge in [-0.2, -0.15) is 5.26 Å². The lowest BCUT2D eigenvalue weighted by Crippen LogP contribution is -2.41. The van der Waals surface area contributed by atoms with E-state index in [1.54, 1.807) is 0 Å². The van der Waals surface area contributed by atoms with Crippen LogP contribution in [-0.2, 0) is 18.0 Å². The van der Waals surface area contributed by atoms with Crippen molar-refractivity contribution in [1.29, 1.82) is 5.26 Å². The smallest absolute Gasteiger partial charge is 0.159 e. The van der Waals surface area contributed by atoms with Gasteiger partial charge in [0.25, 0.3) is 0 Å². The second-order valence-corrected chi connectivity index (χ2v) is 13.0. The van der Waals surface area contributed by atoms with Crippen molar-refractivity contribution in [2.24, 2.45) is 10.9 Å². The lowest BCUT2D eigenvalue weighted by atomic mass is 9.93. The predicted octanol–water partition coefficient (Wildman–Crippen LogP) is 6.75. The summed E-state index contributed by atoms with van der Waals surface area (Å²) in [4.78, 5) is 12.1. The van der Waals surface area contributed by atoms with Crippen LogP contribution in [0.2, 0.25) is 0 Å². The molecule has 0 radical (unpaired) electrons. The normalized spacial score (nSPS) is 19.4. The summed E-state index contributed by atoms with van der Waals surface area (Å²) in [6.45, 7) is 16.9. The molecule has 0 spiro atoms. The summed E-state index contributed by atoms with van der Waals surface area (Å²) in [5.41, 5.74) is 11.2. The molecule has 1 aromatic carbocycles. The van der Waals surface area contributed by atoms with Crippen molar-refractivity contribution in [3.63, 3.8) is 0 Å². The lowest BCUT2D eigenvalue weighted by molar-refractivity contribution is 0.134. The fourth-order valence-corrected chi connectivity index (χ4v) is 8.04. The van der Waals surface area contributed by atoms with Crippen LogP contribution in [0.3, 0.4) is 0 Å². The zero-order valence-electron chi connectivity index (χ0n) is 26.6. The molecule has 9 heteroatoms. The number of aromatic nitrogens is 1. The van der Waals surface area contributed by atoms with Gasteiger partial charge in [0.05, 0.1) is 35.4 Å². The first kappa shape index (κ1) is 33.1. The molecular formula is C34H45FN5OPS. The zero-order chi connectivity index (χ0) is 31.4. The summed E-state index contributed by atoms with van der Waals surface area (Å²) in [6.07, 6.45) is 8.96. The molecule has 2 N–H and O–H groups in total. The Labute approximate surface area is 261 Å². The average molecular weight is 622 g/mol. The summed E-state index contributed by atoms with van der Waals surface area (Å²) < 4.78 is 21.3. The van der Waals surface area contributed by atoms with Crippen LogP contribution in [0.4, 0.5) is 9.39 Å². The van der Waals surface area contributed by atoms with E-state index in [2.05, 4.69) is 59.8 Å². The molecule has 0 saturated carbocycles. The van der Waals surface area contributed by atoms with Gasteiger partial charge in [0.2, 0.25) is 0 Å². The van der Waals surface area contributed by atoms with Gasteiger partial charge >= 0.3 is 0 Å². The Morgan fingerprint density at radius 3 is 2.70 bits per heavy atom. The number of thiophene rings is 1. The van der Waals surface area contributed by atoms with Gasteiger partial charge in [0, 0.05) is 35.0 Å². The largest absolute Gasteiger partial charge is 0.389 e. The lowest BCUT2D eigenvalue weighted by Gasteiger charge is -2.26. The molecule has 230 valence electrons. The van der Waals surface area contributed by atoms with E-state index in [0.29, 0.717) is 46.0 Å². The average Bonchev–Trinajstić information content (AvgIpc) is 3.72. The summed E-state index contributed by atoms with van der Waals surface area (Å²) in [5, 5.41) is 13.8. The van der Waals surface area contributed by atoms with Crippen LogP contribution in [0.15, 0.2) is 11.2 Å². The number of nitriles is 1. The van der Waals surface area contributed by atoms with Gasteiger partial charge in [-0.15, -0.1) is 20.6 Å². The second-order valence-electron chi connectivity index (χ2n) is 11.4. The molecule has 1 fully saturated rings. The summed E-state index contributed by atoms with van der Waals surface area (Å²) in [6, 6.07) is 2.73.